The molecule has 4 aromatic carbocycles. The Bertz CT molecular complexity index is 1630. The standard InChI is InChI=1S/C34H37N3O5S/c1-4-42-32-22-14-13-21-30(32)37(43(40,41)29-19-9-6-10-20-29)25-33(38)36(24-28-18-12-11-15-26(28)2)31(34(39)35-3)23-27-16-7-5-8-17-27/h5-22,31H,4,23-25H2,1-3H3,(H,35,39). The van der Waals surface area contributed by atoms with Crippen molar-refractivity contribution in [2.24, 2.45) is 0 Å². The van der Waals surface area contributed by atoms with Crippen LogP contribution >= 0.6 is 0 Å². The molecule has 0 aliphatic carbocycles. The number of nitrogens with zero attached hydrogens (tertiary/aromatic N) is 2. The van der Waals surface area contributed by atoms with Crippen molar-refractivity contribution in [3.05, 3.63) is 126 Å². The number of aryl methyl sites for hydroxylation is 1. The Balaban J connectivity index is 1.82. The van der Waals surface area contributed by atoms with E-state index in [-0.39, 0.29) is 29.5 Å². The second-order valence-electron chi connectivity index (χ2n) is 9.99. The van der Waals surface area contributed by atoms with Crippen LogP contribution in [0.2, 0.25) is 0 Å². The van der Waals surface area contributed by atoms with Crippen molar-refractivity contribution in [2.45, 2.75) is 37.8 Å². The van der Waals surface area contributed by atoms with Crippen molar-refractivity contribution in [1.82, 2.24) is 10.2 Å². The number of para-hydroxylation sites is 2. The first kappa shape index (κ1) is 31.3. The number of ether oxygens (including phenoxy) is 1. The molecule has 0 bridgehead atoms. The third-order valence-corrected chi connectivity index (χ3v) is 8.94. The molecule has 9 heteroatoms. The fourth-order valence-corrected chi connectivity index (χ4v) is 6.31. The van der Waals surface area contributed by atoms with Crippen molar-refractivity contribution in [3.63, 3.8) is 0 Å². The van der Waals surface area contributed by atoms with E-state index in [2.05, 4.69) is 5.32 Å². The number of hydrogen-bond donors (Lipinski definition) is 1. The molecule has 0 spiro atoms. The van der Waals surface area contributed by atoms with Gasteiger partial charge >= 0.3 is 0 Å². The number of anilines is 1. The Kier molecular flexibility index (Phi) is 10.6. The summed E-state index contributed by atoms with van der Waals surface area (Å²) in [7, 11) is -2.68. The first-order valence-corrected chi connectivity index (χ1v) is 15.6. The molecule has 4 rings (SSSR count). The Morgan fingerprint density at radius 1 is 0.837 bits per heavy atom. The fourth-order valence-electron chi connectivity index (χ4n) is 4.87. The van der Waals surface area contributed by atoms with Gasteiger partial charge in [-0.25, -0.2) is 8.42 Å². The van der Waals surface area contributed by atoms with Crippen LogP contribution in [0, 0.1) is 6.92 Å². The van der Waals surface area contributed by atoms with Crippen LogP contribution in [0.5, 0.6) is 5.75 Å². The summed E-state index contributed by atoms with van der Waals surface area (Å²) >= 11 is 0. The van der Waals surface area contributed by atoms with Gasteiger partial charge < -0.3 is 15.0 Å². The van der Waals surface area contributed by atoms with Crippen LogP contribution < -0.4 is 14.4 Å². The number of hydrogen-bond acceptors (Lipinski definition) is 5. The van der Waals surface area contributed by atoms with Gasteiger partial charge in [0, 0.05) is 20.0 Å². The summed E-state index contributed by atoms with van der Waals surface area (Å²) < 4.78 is 35.1. The number of sulfonamides is 1. The number of likely N-dealkylation sites (N-methyl/N-ethyl adjacent to an activating group) is 1. The molecule has 2 amide bonds. The zero-order valence-electron chi connectivity index (χ0n) is 24.6. The maximum Gasteiger partial charge on any atom is 0.264 e. The van der Waals surface area contributed by atoms with Gasteiger partial charge in [-0.05, 0) is 54.8 Å². The van der Waals surface area contributed by atoms with E-state index in [1.165, 1.54) is 24.1 Å². The van der Waals surface area contributed by atoms with E-state index in [1.54, 1.807) is 49.4 Å². The summed E-state index contributed by atoms with van der Waals surface area (Å²) in [6, 6.07) is 30.9. The molecule has 0 saturated carbocycles. The van der Waals surface area contributed by atoms with Gasteiger partial charge in [0.25, 0.3) is 10.0 Å². The number of rotatable bonds is 13. The minimum Gasteiger partial charge on any atom is -0.492 e. The van der Waals surface area contributed by atoms with Crippen LogP contribution in [0.3, 0.4) is 0 Å². The summed E-state index contributed by atoms with van der Waals surface area (Å²) in [5.74, 6) is -0.550. The summed E-state index contributed by atoms with van der Waals surface area (Å²) in [5.41, 5.74) is 2.90. The Morgan fingerprint density at radius 2 is 1.44 bits per heavy atom. The predicted molar refractivity (Wildman–Crippen MR) is 168 cm³/mol. The molecule has 1 N–H and O–H groups in total. The molecule has 0 aliphatic heterocycles. The lowest BCUT2D eigenvalue weighted by Gasteiger charge is -2.34. The van der Waals surface area contributed by atoms with Crippen molar-refractivity contribution < 1.29 is 22.7 Å². The molecular formula is C34H37N3O5S. The van der Waals surface area contributed by atoms with Crippen molar-refractivity contribution in [3.8, 4) is 5.75 Å². The van der Waals surface area contributed by atoms with E-state index in [0.29, 0.717) is 12.4 Å². The third-order valence-electron chi connectivity index (χ3n) is 7.16. The molecule has 8 nitrogen and oxygen atoms in total. The minimum absolute atomic E-state index is 0.0340. The first-order chi connectivity index (χ1) is 20.8. The molecule has 1 unspecified atom stereocenters. The lowest BCUT2D eigenvalue weighted by molar-refractivity contribution is -0.139. The average Bonchev–Trinajstić information content (AvgIpc) is 3.03. The van der Waals surface area contributed by atoms with Gasteiger partial charge in [0.2, 0.25) is 11.8 Å². The number of amides is 2. The van der Waals surface area contributed by atoms with Gasteiger partial charge in [-0.15, -0.1) is 0 Å². The Hall–Kier alpha value is -4.63. The van der Waals surface area contributed by atoms with Gasteiger partial charge in [0.05, 0.1) is 17.2 Å². The van der Waals surface area contributed by atoms with Crippen LogP contribution in [0.4, 0.5) is 5.69 Å². The second kappa shape index (κ2) is 14.5. The van der Waals surface area contributed by atoms with E-state index in [4.69, 9.17) is 4.74 Å². The highest BCUT2D eigenvalue weighted by molar-refractivity contribution is 7.92. The Labute approximate surface area is 254 Å². The van der Waals surface area contributed by atoms with E-state index in [1.807, 2.05) is 61.5 Å². The van der Waals surface area contributed by atoms with Crippen LogP contribution in [0.15, 0.2) is 114 Å². The number of carbonyl (C=O) groups excluding carboxylic acids is 2. The van der Waals surface area contributed by atoms with E-state index < -0.39 is 28.5 Å². The highest BCUT2D eigenvalue weighted by Crippen LogP contribution is 2.33. The largest absolute Gasteiger partial charge is 0.492 e. The highest BCUT2D eigenvalue weighted by Gasteiger charge is 2.35. The number of nitrogens with one attached hydrogen (secondary N) is 1. The van der Waals surface area contributed by atoms with E-state index in [0.717, 1.165) is 21.0 Å². The molecule has 0 radical (unpaired) electrons. The quantitative estimate of drug-likeness (QED) is 0.234. The van der Waals surface area contributed by atoms with Crippen LogP contribution in [-0.4, -0.2) is 51.4 Å². The second-order valence-corrected chi connectivity index (χ2v) is 11.9. The molecule has 0 saturated heterocycles. The fraction of sp³-hybridized carbons (Fsp3) is 0.235. The maximum absolute atomic E-state index is 14.4. The topological polar surface area (TPSA) is 96.0 Å². The molecule has 224 valence electrons. The van der Waals surface area contributed by atoms with E-state index in [9.17, 15) is 18.0 Å². The van der Waals surface area contributed by atoms with Gasteiger partial charge in [-0.3, -0.25) is 13.9 Å². The van der Waals surface area contributed by atoms with Crippen LogP contribution in [-0.2, 0) is 32.6 Å². The average molecular weight is 600 g/mol. The third kappa shape index (κ3) is 7.61. The van der Waals surface area contributed by atoms with Crippen molar-refractivity contribution in [1.29, 1.82) is 0 Å². The zero-order chi connectivity index (χ0) is 30.8. The van der Waals surface area contributed by atoms with Gasteiger partial charge in [0.1, 0.15) is 18.3 Å². The lowest BCUT2D eigenvalue weighted by Crippen LogP contribution is -2.53. The van der Waals surface area contributed by atoms with Crippen molar-refractivity contribution >= 4 is 27.5 Å². The SMILES string of the molecule is CCOc1ccccc1N(CC(=O)N(Cc1ccccc1C)C(Cc1ccccc1)C(=O)NC)S(=O)(=O)c1ccccc1. The highest BCUT2D eigenvalue weighted by atomic mass is 32.2. The molecule has 0 aromatic heterocycles. The van der Waals surface area contributed by atoms with E-state index >= 15 is 0 Å². The monoisotopic (exact) mass is 599 g/mol. The zero-order valence-corrected chi connectivity index (χ0v) is 25.5. The van der Waals surface area contributed by atoms with Gasteiger partial charge in [0.15, 0.2) is 0 Å². The summed E-state index contributed by atoms with van der Waals surface area (Å²) in [5, 5.41) is 2.70. The lowest BCUT2D eigenvalue weighted by atomic mass is 10.0. The summed E-state index contributed by atoms with van der Waals surface area (Å²) in [6.45, 7) is 3.62. The summed E-state index contributed by atoms with van der Waals surface area (Å²) in [4.78, 5) is 29.3. The van der Waals surface area contributed by atoms with Gasteiger partial charge in [-0.1, -0.05) is 84.9 Å². The van der Waals surface area contributed by atoms with Gasteiger partial charge in [-0.2, -0.15) is 0 Å². The Morgan fingerprint density at radius 3 is 2.09 bits per heavy atom. The number of benzene rings is 4. The van der Waals surface area contributed by atoms with Crippen LogP contribution in [0.1, 0.15) is 23.6 Å². The smallest absolute Gasteiger partial charge is 0.264 e. The van der Waals surface area contributed by atoms with Crippen molar-refractivity contribution in [2.75, 3.05) is 24.5 Å². The number of carbonyl (C=O) groups is 2. The molecular weight excluding hydrogens is 562 g/mol. The molecule has 1 atom stereocenters. The maximum atomic E-state index is 14.4. The normalized spacial score (nSPS) is 11.8. The minimum atomic E-state index is -4.21. The molecule has 43 heavy (non-hydrogen) atoms. The predicted octanol–water partition coefficient (Wildman–Crippen LogP) is 4.98. The van der Waals surface area contributed by atoms with Crippen LogP contribution in [0.25, 0.3) is 0 Å². The molecule has 0 heterocycles. The molecule has 4 aromatic rings. The first-order valence-electron chi connectivity index (χ1n) is 14.1. The molecule has 0 fully saturated rings. The molecule has 0 aliphatic rings. The summed E-state index contributed by atoms with van der Waals surface area (Å²) in [6.07, 6.45) is 0.249.